The number of anilines is 2. The van der Waals surface area contributed by atoms with Crippen molar-refractivity contribution in [2.75, 3.05) is 36.4 Å². The van der Waals surface area contributed by atoms with Gasteiger partial charge in [0.25, 0.3) is 11.8 Å². The Kier molecular flexibility index (Phi) is 6.13. The Bertz CT molecular complexity index is 1080. The zero-order valence-electron chi connectivity index (χ0n) is 17.1. The predicted molar refractivity (Wildman–Crippen MR) is 121 cm³/mol. The second-order valence-corrected chi connectivity index (χ2v) is 7.74. The number of hydrogen-bond acceptors (Lipinski definition) is 5. The van der Waals surface area contributed by atoms with E-state index in [1.54, 1.807) is 36.8 Å². The molecule has 1 N–H and O–H groups in total. The Morgan fingerprint density at radius 1 is 1.00 bits per heavy atom. The minimum absolute atomic E-state index is 0.0996. The molecule has 0 unspecified atom stereocenters. The summed E-state index contributed by atoms with van der Waals surface area (Å²) in [5, 5.41) is 3.50. The van der Waals surface area contributed by atoms with Gasteiger partial charge in [0.1, 0.15) is 5.82 Å². The average molecular weight is 436 g/mol. The van der Waals surface area contributed by atoms with Crippen molar-refractivity contribution in [3.8, 4) is 0 Å². The second-order valence-electron chi connectivity index (χ2n) is 7.30. The highest BCUT2D eigenvalue weighted by Gasteiger charge is 2.25. The number of carbonyl (C=O) groups excluding carboxylic acids is 2. The average Bonchev–Trinajstić information content (AvgIpc) is 2.81. The number of aromatic nitrogens is 2. The van der Waals surface area contributed by atoms with Gasteiger partial charge in [-0.1, -0.05) is 23.7 Å². The van der Waals surface area contributed by atoms with Gasteiger partial charge < -0.3 is 15.1 Å². The van der Waals surface area contributed by atoms with Gasteiger partial charge in [-0.25, -0.2) is 4.98 Å². The van der Waals surface area contributed by atoms with Crippen molar-refractivity contribution in [2.24, 2.45) is 0 Å². The minimum atomic E-state index is -0.274. The van der Waals surface area contributed by atoms with Crippen LogP contribution in [0, 0.1) is 6.92 Å². The third-order valence-electron chi connectivity index (χ3n) is 5.29. The Morgan fingerprint density at radius 2 is 1.74 bits per heavy atom. The number of piperazine rings is 1. The van der Waals surface area contributed by atoms with Crippen LogP contribution >= 0.6 is 11.6 Å². The number of amides is 2. The van der Waals surface area contributed by atoms with Crippen LogP contribution in [-0.2, 0) is 0 Å². The molecule has 1 aromatic carbocycles. The molecule has 2 amide bonds. The lowest BCUT2D eigenvalue weighted by atomic mass is 10.1. The third-order valence-corrected chi connectivity index (χ3v) is 5.51. The molecule has 0 bridgehead atoms. The van der Waals surface area contributed by atoms with Crippen molar-refractivity contribution in [3.63, 3.8) is 0 Å². The fourth-order valence-electron chi connectivity index (χ4n) is 3.56. The smallest absolute Gasteiger partial charge is 0.256 e. The van der Waals surface area contributed by atoms with E-state index in [2.05, 4.69) is 20.2 Å². The lowest BCUT2D eigenvalue weighted by Crippen LogP contribution is -2.49. The number of pyridine rings is 2. The van der Waals surface area contributed by atoms with E-state index in [4.69, 9.17) is 11.6 Å². The summed E-state index contributed by atoms with van der Waals surface area (Å²) in [4.78, 5) is 38.2. The fraction of sp³-hybridized carbons (Fsp3) is 0.217. The summed E-state index contributed by atoms with van der Waals surface area (Å²) < 4.78 is 0. The number of hydrogen-bond donors (Lipinski definition) is 1. The number of benzene rings is 1. The summed E-state index contributed by atoms with van der Waals surface area (Å²) in [6, 6.07) is 12.4. The summed E-state index contributed by atoms with van der Waals surface area (Å²) >= 11 is 5.92. The molecule has 0 spiro atoms. The molecule has 1 aliphatic rings. The van der Waals surface area contributed by atoms with E-state index in [-0.39, 0.29) is 11.8 Å². The maximum atomic E-state index is 13.3. The molecule has 0 aliphatic carbocycles. The zero-order chi connectivity index (χ0) is 21.8. The van der Waals surface area contributed by atoms with Crippen LogP contribution in [0.1, 0.15) is 26.3 Å². The van der Waals surface area contributed by atoms with E-state index in [0.717, 1.165) is 11.4 Å². The summed E-state index contributed by atoms with van der Waals surface area (Å²) in [5.74, 6) is 0.471. The van der Waals surface area contributed by atoms with Gasteiger partial charge in [-0.05, 0) is 42.8 Å². The molecule has 7 nitrogen and oxygen atoms in total. The number of para-hydroxylation sites is 1. The summed E-state index contributed by atoms with van der Waals surface area (Å²) in [6.07, 6.45) is 4.75. The van der Waals surface area contributed by atoms with Crippen molar-refractivity contribution in [3.05, 3.63) is 82.8 Å². The highest BCUT2D eigenvalue weighted by atomic mass is 35.5. The van der Waals surface area contributed by atoms with E-state index in [1.807, 2.05) is 36.1 Å². The molecule has 1 saturated heterocycles. The molecule has 1 fully saturated rings. The van der Waals surface area contributed by atoms with Crippen molar-refractivity contribution in [1.82, 2.24) is 14.9 Å². The molecule has 158 valence electrons. The lowest BCUT2D eigenvalue weighted by Gasteiger charge is -2.35. The lowest BCUT2D eigenvalue weighted by molar-refractivity contribution is 0.0747. The zero-order valence-corrected chi connectivity index (χ0v) is 17.8. The van der Waals surface area contributed by atoms with Crippen molar-refractivity contribution in [2.45, 2.75) is 6.92 Å². The number of nitrogens with zero attached hydrogens (tertiary/aromatic N) is 4. The van der Waals surface area contributed by atoms with Crippen molar-refractivity contribution < 1.29 is 9.59 Å². The maximum absolute atomic E-state index is 13.3. The molecule has 3 aromatic rings. The molecule has 8 heteroatoms. The van der Waals surface area contributed by atoms with Crippen molar-refractivity contribution >= 4 is 34.9 Å². The van der Waals surface area contributed by atoms with E-state index in [1.165, 1.54) is 0 Å². The first-order valence-electron chi connectivity index (χ1n) is 9.99. The minimum Gasteiger partial charge on any atom is -0.353 e. The maximum Gasteiger partial charge on any atom is 0.256 e. The molecule has 0 saturated carbocycles. The molecule has 4 rings (SSSR count). The van der Waals surface area contributed by atoms with Gasteiger partial charge in [0.15, 0.2) is 0 Å². The van der Waals surface area contributed by atoms with E-state index < -0.39 is 0 Å². The fourth-order valence-corrected chi connectivity index (χ4v) is 3.68. The Hall–Kier alpha value is -3.45. The Morgan fingerprint density at radius 3 is 2.42 bits per heavy atom. The van der Waals surface area contributed by atoms with Gasteiger partial charge in [0, 0.05) is 50.3 Å². The molecular weight excluding hydrogens is 414 g/mol. The van der Waals surface area contributed by atoms with Crippen LogP contribution in [0.25, 0.3) is 0 Å². The highest BCUT2D eigenvalue weighted by molar-refractivity contribution is 6.30. The van der Waals surface area contributed by atoms with Crippen LogP contribution in [0.15, 0.2) is 61.1 Å². The molecule has 0 atom stereocenters. The summed E-state index contributed by atoms with van der Waals surface area (Å²) in [5.41, 5.74) is 2.34. The van der Waals surface area contributed by atoms with Crippen LogP contribution < -0.4 is 10.2 Å². The van der Waals surface area contributed by atoms with Gasteiger partial charge in [-0.15, -0.1) is 0 Å². The Labute approximate surface area is 185 Å². The number of rotatable bonds is 4. The normalized spacial score (nSPS) is 13.7. The molecular formula is C23H22ClN5O2. The van der Waals surface area contributed by atoms with Crippen molar-refractivity contribution in [1.29, 1.82) is 0 Å². The number of halogens is 1. The number of aryl methyl sites for hydroxylation is 1. The second kappa shape index (κ2) is 9.14. The van der Waals surface area contributed by atoms with E-state index in [9.17, 15) is 9.59 Å². The molecule has 2 aromatic heterocycles. The van der Waals surface area contributed by atoms with Crippen LogP contribution in [0.3, 0.4) is 0 Å². The van der Waals surface area contributed by atoms with Gasteiger partial charge in [0.2, 0.25) is 0 Å². The highest BCUT2D eigenvalue weighted by Crippen LogP contribution is 2.24. The quantitative estimate of drug-likeness (QED) is 0.676. The van der Waals surface area contributed by atoms with Crippen LogP contribution in [0.4, 0.5) is 11.5 Å². The predicted octanol–water partition coefficient (Wildman–Crippen LogP) is 3.65. The summed E-state index contributed by atoms with van der Waals surface area (Å²) in [7, 11) is 0. The SMILES string of the molecule is Cc1cccc(C(=O)N2CCN(c3ccc(Cl)cn3)CC2)c1NC(=O)c1ccncc1. The van der Waals surface area contributed by atoms with E-state index >= 15 is 0 Å². The molecule has 1 aliphatic heterocycles. The standard InChI is InChI=1S/C23H22ClN5O2/c1-16-3-2-4-19(21(16)27-22(30)17-7-9-25-10-8-17)23(31)29-13-11-28(12-14-29)20-6-5-18(24)15-26-20/h2-10,15H,11-14H2,1H3,(H,27,30). The van der Waals surface area contributed by atoms with Gasteiger partial charge >= 0.3 is 0 Å². The van der Waals surface area contributed by atoms with E-state index in [0.29, 0.717) is 48.0 Å². The van der Waals surface area contributed by atoms with Crippen LogP contribution in [0.2, 0.25) is 5.02 Å². The van der Waals surface area contributed by atoms with Gasteiger partial charge in [-0.3, -0.25) is 14.6 Å². The van der Waals surface area contributed by atoms with Crippen LogP contribution in [0.5, 0.6) is 0 Å². The molecule has 0 radical (unpaired) electrons. The first kappa shape index (κ1) is 20.8. The number of carbonyl (C=O) groups is 2. The third kappa shape index (κ3) is 4.67. The first-order valence-corrected chi connectivity index (χ1v) is 10.4. The molecule has 3 heterocycles. The molecule has 31 heavy (non-hydrogen) atoms. The monoisotopic (exact) mass is 435 g/mol. The van der Waals surface area contributed by atoms with Gasteiger partial charge in [-0.2, -0.15) is 0 Å². The van der Waals surface area contributed by atoms with Gasteiger partial charge in [0.05, 0.1) is 16.3 Å². The number of nitrogens with one attached hydrogen (secondary N) is 1. The van der Waals surface area contributed by atoms with Crippen LogP contribution in [-0.4, -0.2) is 52.9 Å². The largest absolute Gasteiger partial charge is 0.353 e. The Balaban J connectivity index is 1.48. The first-order chi connectivity index (χ1) is 15.0. The summed E-state index contributed by atoms with van der Waals surface area (Å²) in [6.45, 7) is 4.35. The topological polar surface area (TPSA) is 78.4 Å².